The number of nitrogens with one attached hydrogen (secondary N) is 1. The zero-order valence-corrected chi connectivity index (χ0v) is 12.5. The summed E-state index contributed by atoms with van der Waals surface area (Å²) in [6.45, 7) is 4.42. The molecule has 1 N–H and O–H groups in total. The third-order valence-corrected chi connectivity index (χ3v) is 4.88. The number of hydrogen-bond donors (Lipinski definition) is 1. The molecule has 0 saturated heterocycles. The number of hydrogen-bond acceptors (Lipinski definition) is 3. The van der Waals surface area contributed by atoms with Crippen molar-refractivity contribution in [3.63, 3.8) is 0 Å². The van der Waals surface area contributed by atoms with Gasteiger partial charge in [0, 0.05) is 34.1 Å². The van der Waals surface area contributed by atoms with E-state index in [1.807, 2.05) is 23.7 Å². The summed E-state index contributed by atoms with van der Waals surface area (Å²) in [5.74, 6) is 0. The van der Waals surface area contributed by atoms with Crippen LogP contribution in [0.25, 0.3) is 10.1 Å². The van der Waals surface area contributed by atoms with Gasteiger partial charge in [-0.05, 0) is 49.1 Å². The molecule has 2 aromatic heterocycles. The summed E-state index contributed by atoms with van der Waals surface area (Å²) in [5, 5.41) is 4.99. The summed E-state index contributed by atoms with van der Waals surface area (Å²) >= 11 is 1.87. The Kier molecular flexibility index (Phi) is 3.81. The molecule has 0 fully saturated rings. The van der Waals surface area contributed by atoms with E-state index in [1.54, 1.807) is 0 Å². The van der Waals surface area contributed by atoms with E-state index in [4.69, 9.17) is 0 Å². The first-order valence-corrected chi connectivity index (χ1v) is 7.70. The summed E-state index contributed by atoms with van der Waals surface area (Å²) in [5.41, 5.74) is 1.27. The fourth-order valence-corrected chi connectivity index (χ4v) is 3.50. The van der Waals surface area contributed by atoms with Crippen molar-refractivity contribution in [1.82, 2.24) is 10.3 Å². The second kappa shape index (κ2) is 5.73. The van der Waals surface area contributed by atoms with Gasteiger partial charge in [0.25, 0.3) is 0 Å². The van der Waals surface area contributed by atoms with Gasteiger partial charge in [-0.15, -0.1) is 11.3 Å². The van der Waals surface area contributed by atoms with Crippen molar-refractivity contribution >= 4 is 21.4 Å². The van der Waals surface area contributed by atoms with Crippen molar-refractivity contribution in [2.75, 3.05) is 0 Å². The molecule has 0 bridgehead atoms. The van der Waals surface area contributed by atoms with Crippen molar-refractivity contribution in [3.8, 4) is 0 Å². The molecule has 0 aliphatic heterocycles. The minimum absolute atomic E-state index is 0.318. The van der Waals surface area contributed by atoms with Crippen molar-refractivity contribution in [2.24, 2.45) is 0 Å². The number of fused-ring (bicyclic) bond motifs is 1. The van der Waals surface area contributed by atoms with E-state index in [2.05, 4.69) is 66.6 Å². The second-order valence-electron chi connectivity index (χ2n) is 5.08. The highest BCUT2D eigenvalue weighted by Gasteiger charge is 2.13. The van der Waals surface area contributed by atoms with Crippen molar-refractivity contribution < 1.29 is 0 Å². The number of benzene rings is 1. The van der Waals surface area contributed by atoms with Gasteiger partial charge in [-0.2, -0.15) is 0 Å². The maximum atomic E-state index is 4.07. The third kappa shape index (κ3) is 2.74. The fraction of sp³-hybridized carbons (Fsp3) is 0.235. The van der Waals surface area contributed by atoms with E-state index in [0.29, 0.717) is 12.1 Å². The molecule has 1 aromatic carbocycles. The zero-order chi connectivity index (χ0) is 13.9. The van der Waals surface area contributed by atoms with E-state index in [-0.39, 0.29) is 0 Å². The summed E-state index contributed by atoms with van der Waals surface area (Å²) < 4.78 is 1.35. The topological polar surface area (TPSA) is 24.9 Å². The predicted octanol–water partition coefficient (Wildman–Crippen LogP) is 4.71. The van der Waals surface area contributed by atoms with E-state index in [1.165, 1.54) is 20.5 Å². The zero-order valence-electron chi connectivity index (χ0n) is 11.7. The minimum atomic E-state index is 0.318. The van der Waals surface area contributed by atoms with Crippen molar-refractivity contribution in [1.29, 1.82) is 0 Å². The van der Waals surface area contributed by atoms with Crippen LogP contribution in [-0.4, -0.2) is 4.98 Å². The highest BCUT2D eigenvalue weighted by molar-refractivity contribution is 7.19. The third-order valence-electron chi connectivity index (χ3n) is 3.58. The molecule has 2 atom stereocenters. The van der Waals surface area contributed by atoms with Crippen LogP contribution in [0.5, 0.6) is 0 Å². The Bertz CT molecular complexity index is 657. The number of pyridine rings is 1. The molecule has 102 valence electrons. The lowest BCUT2D eigenvalue weighted by Gasteiger charge is -2.19. The molecule has 3 rings (SSSR count). The SMILES string of the molecule is CC(N[C@@H](C)c1ccncc1)c1cc2ccccc2s1. The van der Waals surface area contributed by atoms with Gasteiger partial charge in [-0.25, -0.2) is 0 Å². The second-order valence-corrected chi connectivity index (χ2v) is 6.19. The minimum Gasteiger partial charge on any atom is -0.303 e. The average Bonchev–Trinajstić information content (AvgIpc) is 2.92. The maximum Gasteiger partial charge on any atom is 0.0391 e. The largest absolute Gasteiger partial charge is 0.303 e. The Hall–Kier alpha value is -1.71. The Morgan fingerprint density at radius 3 is 2.50 bits per heavy atom. The average molecular weight is 282 g/mol. The molecule has 0 radical (unpaired) electrons. The quantitative estimate of drug-likeness (QED) is 0.749. The van der Waals surface area contributed by atoms with Gasteiger partial charge in [-0.1, -0.05) is 18.2 Å². The van der Waals surface area contributed by atoms with Crippen LogP contribution in [0.4, 0.5) is 0 Å². The maximum absolute atomic E-state index is 4.07. The lowest BCUT2D eigenvalue weighted by atomic mass is 10.1. The summed E-state index contributed by atoms with van der Waals surface area (Å²) in [4.78, 5) is 5.45. The molecule has 3 aromatic rings. The van der Waals surface area contributed by atoms with Gasteiger partial charge in [0.1, 0.15) is 0 Å². The van der Waals surface area contributed by atoms with Crippen LogP contribution in [0.15, 0.2) is 54.9 Å². The lowest BCUT2D eigenvalue weighted by molar-refractivity contribution is 0.500. The van der Waals surface area contributed by atoms with Crippen molar-refractivity contribution in [2.45, 2.75) is 25.9 Å². The van der Waals surface area contributed by atoms with Crippen LogP contribution in [0.3, 0.4) is 0 Å². The Balaban J connectivity index is 1.77. The molecule has 2 heterocycles. The van der Waals surface area contributed by atoms with E-state index in [0.717, 1.165) is 0 Å². The van der Waals surface area contributed by atoms with Crippen LogP contribution in [-0.2, 0) is 0 Å². The molecule has 3 heteroatoms. The Morgan fingerprint density at radius 2 is 1.75 bits per heavy atom. The Labute approximate surface area is 123 Å². The fourth-order valence-electron chi connectivity index (χ4n) is 2.42. The van der Waals surface area contributed by atoms with E-state index in [9.17, 15) is 0 Å². The standard InChI is InChI=1S/C17H18N2S/c1-12(14-7-9-18-10-8-14)19-13(2)17-11-15-5-3-4-6-16(15)20-17/h3-13,19H,1-2H3/t12-,13?/m0/s1. The molecule has 0 aliphatic rings. The van der Waals surface area contributed by atoms with Gasteiger partial charge in [0.2, 0.25) is 0 Å². The molecule has 0 spiro atoms. The molecule has 1 unspecified atom stereocenters. The molecule has 0 aliphatic carbocycles. The van der Waals surface area contributed by atoms with Gasteiger partial charge in [0.15, 0.2) is 0 Å². The molecule has 2 nitrogen and oxygen atoms in total. The molecule has 0 saturated carbocycles. The number of thiophene rings is 1. The molecule has 20 heavy (non-hydrogen) atoms. The normalized spacial score (nSPS) is 14.3. The number of rotatable bonds is 4. The summed E-state index contributed by atoms with van der Waals surface area (Å²) in [6, 6.07) is 15.6. The van der Waals surface area contributed by atoms with E-state index < -0.39 is 0 Å². The lowest BCUT2D eigenvalue weighted by Crippen LogP contribution is -2.21. The van der Waals surface area contributed by atoms with Gasteiger partial charge >= 0.3 is 0 Å². The van der Waals surface area contributed by atoms with Crippen LogP contribution in [0.2, 0.25) is 0 Å². The van der Waals surface area contributed by atoms with Crippen molar-refractivity contribution in [3.05, 3.63) is 65.3 Å². The Morgan fingerprint density at radius 1 is 1.00 bits per heavy atom. The first-order valence-electron chi connectivity index (χ1n) is 6.88. The first-order chi connectivity index (χ1) is 9.74. The van der Waals surface area contributed by atoms with Gasteiger partial charge in [0.05, 0.1) is 0 Å². The van der Waals surface area contributed by atoms with Gasteiger partial charge < -0.3 is 5.32 Å². The summed E-state index contributed by atoms with van der Waals surface area (Å²) in [6.07, 6.45) is 3.69. The molecule has 0 amide bonds. The van der Waals surface area contributed by atoms with Crippen LogP contribution in [0.1, 0.15) is 36.4 Å². The van der Waals surface area contributed by atoms with Crippen LogP contribution >= 0.6 is 11.3 Å². The van der Waals surface area contributed by atoms with Gasteiger partial charge in [-0.3, -0.25) is 4.98 Å². The highest BCUT2D eigenvalue weighted by atomic mass is 32.1. The smallest absolute Gasteiger partial charge is 0.0391 e. The summed E-state index contributed by atoms with van der Waals surface area (Å²) in [7, 11) is 0. The highest BCUT2D eigenvalue weighted by Crippen LogP contribution is 2.30. The first kappa shape index (κ1) is 13.3. The van der Waals surface area contributed by atoms with Crippen LogP contribution < -0.4 is 5.32 Å². The molecular formula is C17H18N2S. The molecular weight excluding hydrogens is 264 g/mol. The predicted molar refractivity (Wildman–Crippen MR) is 86.0 cm³/mol. The number of aromatic nitrogens is 1. The number of nitrogens with zero attached hydrogens (tertiary/aromatic N) is 1. The monoisotopic (exact) mass is 282 g/mol. The van der Waals surface area contributed by atoms with Crippen LogP contribution in [0, 0.1) is 0 Å². The van der Waals surface area contributed by atoms with E-state index >= 15 is 0 Å².